The summed E-state index contributed by atoms with van der Waals surface area (Å²) >= 11 is 0. The predicted octanol–water partition coefficient (Wildman–Crippen LogP) is 0.844. The van der Waals surface area contributed by atoms with E-state index in [0.29, 0.717) is 5.75 Å². The number of amides is 2. The number of esters is 1. The standard InChI is InChI=1S/C15H17N3O4/c1-9(19)18-12(6-7-14(16)20)15(21)22-13-8-17-11-5-3-2-4-10(11)13/h2-5,8,12,17H,6-7H2,1H3,(H2,16,20)(H,18,19)/t12-/m0/s1. The number of hydrogen-bond acceptors (Lipinski definition) is 4. The van der Waals surface area contributed by atoms with Gasteiger partial charge < -0.3 is 20.8 Å². The fourth-order valence-corrected chi connectivity index (χ4v) is 2.09. The molecule has 0 aliphatic heterocycles. The second-order valence-electron chi connectivity index (χ2n) is 4.88. The Morgan fingerprint density at radius 2 is 2.05 bits per heavy atom. The molecule has 0 fully saturated rings. The first kappa shape index (κ1) is 15.6. The molecule has 4 N–H and O–H groups in total. The molecular formula is C15H17N3O4. The van der Waals surface area contributed by atoms with Crippen molar-refractivity contribution in [3.8, 4) is 5.75 Å². The highest BCUT2D eigenvalue weighted by Crippen LogP contribution is 2.25. The third-order valence-corrected chi connectivity index (χ3v) is 3.10. The van der Waals surface area contributed by atoms with Crippen LogP contribution in [0.5, 0.6) is 5.75 Å². The first-order chi connectivity index (χ1) is 10.5. The molecule has 2 aromatic rings. The van der Waals surface area contributed by atoms with Gasteiger partial charge in [-0.1, -0.05) is 12.1 Å². The molecule has 2 rings (SSSR count). The van der Waals surface area contributed by atoms with Crippen LogP contribution in [0.3, 0.4) is 0 Å². The summed E-state index contributed by atoms with van der Waals surface area (Å²) in [5.74, 6) is -1.20. The van der Waals surface area contributed by atoms with Crippen LogP contribution in [0.2, 0.25) is 0 Å². The molecule has 7 nitrogen and oxygen atoms in total. The van der Waals surface area contributed by atoms with Gasteiger partial charge in [0.15, 0.2) is 5.75 Å². The lowest BCUT2D eigenvalue weighted by Crippen LogP contribution is -2.42. The number of carbonyl (C=O) groups excluding carboxylic acids is 3. The number of primary amides is 1. The first-order valence-electron chi connectivity index (χ1n) is 6.80. The summed E-state index contributed by atoms with van der Waals surface area (Å²) < 4.78 is 5.33. The van der Waals surface area contributed by atoms with Gasteiger partial charge in [0.2, 0.25) is 11.8 Å². The molecule has 22 heavy (non-hydrogen) atoms. The van der Waals surface area contributed by atoms with E-state index < -0.39 is 17.9 Å². The SMILES string of the molecule is CC(=O)N[C@@H](CCC(N)=O)C(=O)Oc1c[nH]c2ccccc12. The van der Waals surface area contributed by atoms with Gasteiger partial charge in [-0.15, -0.1) is 0 Å². The van der Waals surface area contributed by atoms with Crippen molar-refractivity contribution in [2.75, 3.05) is 0 Å². The molecule has 1 atom stereocenters. The Kier molecular flexibility index (Phi) is 4.77. The van der Waals surface area contributed by atoms with Gasteiger partial charge in [0.05, 0.1) is 0 Å². The number of nitrogens with two attached hydrogens (primary N) is 1. The van der Waals surface area contributed by atoms with Crippen LogP contribution in [0.4, 0.5) is 0 Å². The van der Waals surface area contributed by atoms with Crippen LogP contribution in [-0.4, -0.2) is 28.8 Å². The average Bonchev–Trinajstić information content (AvgIpc) is 2.86. The molecular weight excluding hydrogens is 286 g/mol. The normalized spacial score (nSPS) is 11.9. The zero-order valence-corrected chi connectivity index (χ0v) is 12.1. The van der Waals surface area contributed by atoms with Gasteiger partial charge in [-0.05, 0) is 18.6 Å². The maximum absolute atomic E-state index is 12.2. The lowest BCUT2D eigenvalue weighted by atomic mass is 10.1. The van der Waals surface area contributed by atoms with Crippen molar-refractivity contribution in [2.45, 2.75) is 25.8 Å². The topological polar surface area (TPSA) is 114 Å². The highest BCUT2D eigenvalue weighted by Gasteiger charge is 2.23. The molecule has 1 aromatic heterocycles. The Morgan fingerprint density at radius 3 is 2.73 bits per heavy atom. The summed E-state index contributed by atoms with van der Waals surface area (Å²) in [5.41, 5.74) is 5.91. The third-order valence-electron chi connectivity index (χ3n) is 3.10. The number of nitrogens with one attached hydrogen (secondary N) is 2. The summed E-state index contributed by atoms with van der Waals surface area (Å²) in [5, 5.41) is 3.22. The van der Waals surface area contributed by atoms with Crippen molar-refractivity contribution < 1.29 is 19.1 Å². The summed E-state index contributed by atoms with van der Waals surface area (Å²) in [6.45, 7) is 1.29. The third kappa shape index (κ3) is 3.85. The minimum absolute atomic E-state index is 0.0199. The van der Waals surface area contributed by atoms with Crippen LogP contribution in [0.25, 0.3) is 10.9 Å². The highest BCUT2D eigenvalue weighted by molar-refractivity contribution is 5.91. The Balaban J connectivity index is 2.12. The number of H-pyrrole nitrogens is 1. The van der Waals surface area contributed by atoms with Gasteiger partial charge in [-0.2, -0.15) is 0 Å². The van der Waals surface area contributed by atoms with Gasteiger partial charge in [-0.25, -0.2) is 4.79 Å². The zero-order valence-electron chi connectivity index (χ0n) is 12.1. The Bertz CT molecular complexity index is 708. The van der Waals surface area contributed by atoms with Gasteiger partial charge >= 0.3 is 5.97 Å². The number of rotatable bonds is 6. The minimum atomic E-state index is -0.918. The smallest absolute Gasteiger partial charge is 0.334 e. The van der Waals surface area contributed by atoms with Gasteiger partial charge in [0, 0.05) is 30.4 Å². The molecule has 0 spiro atoms. The number of benzene rings is 1. The molecule has 0 saturated heterocycles. The molecule has 0 unspecified atom stereocenters. The van der Waals surface area contributed by atoms with Crippen molar-refractivity contribution in [1.82, 2.24) is 10.3 Å². The number of hydrogen-bond donors (Lipinski definition) is 3. The maximum atomic E-state index is 12.2. The number of aromatic amines is 1. The first-order valence-corrected chi connectivity index (χ1v) is 6.80. The quantitative estimate of drug-likeness (QED) is 0.686. The van der Waals surface area contributed by atoms with Gasteiger partial charge in [0.25, 0.3) is 0 Å². The molecule has 2 amide bonds. The van der Waals surface area contributed by atoms with Gasteiger partial charge in [0.1, 0.15) is 6.04 Å². The molecule has 7 heteroatoms. The summed E-state index contributed by atoms with van der Waals surface area (Å²) in [6.07, 6.45) is 1.64. The van der Waals surface area contributed by atoms with Crippen molar-refractivity contribution in [3.05, 3.63) is 30.5 Å². The molecule has 0 radical (unpaired) electrons. The lowest BCUT2D eigenvalue weighted by Gasteiger charge is -2.15. The summed E-state index contributed by atoms with van der Waals surface area (Å²) in [4.78, 5) is 37.2. The second kappa shape index (κ2) is 6.75. The largest absolute Gasteiger partial charge is 0.423 e. The zero-order chi connectivity index (χ0) is 16.1. The Morgan fingerprint density at radius 1 is 1.32 bits per heavy atom. The number of aromatic nitrogens is 1. The molecule has 116 valence electrons. The molecule has 0 saturated carbocycles. The Hall–Kier alpha value is -2.83. The van der Waals surface area contributed by atoms with Crippen LogP contribution in [0.15, 0.2) is 30.5 Å². The minimum Gasteiger partial charge on any atom is -0.423 e. The number of fused-ring (bicyclic) bond motifs is 1. The Labute approximate surface area is 126 Å². The molecule has 0 bridgehead atoms. The highest BCUT2D eigenvalue weighted by atomic mass is 16.5. The van der Waals surface area contributed by atoms with Crippen LogP contribution in [0, 0.1) is 0 Å². The van der Waals surface area contributed by atoms with Crippen molar-refractivity contribution >= 4 is 28.7 Å². The van der Waals surface area contributed by atoms with E-state index in [9.17, 15) is 14.4 Å². The number of para-hydroxylation sites is 1. The van der Waals surface area contributed by atoms with Crippen LogP contribution >= 0.6 is 0 Å². The van der Waals surface area contributed by atoms with Crippen molar-refractivity contribution in [3.63, 3.8) is 0 Å². The summed E-state index contributed by atoms with van der Waals surface area (Å²) in [7, 11) is 0. The molecule has 1 aromatic carbocycles. The van der Waals surface area contributed by atoms with Crippen LogP contribution in [0.1, 0.15) is 19.8 Å². The van der Waals surface area contributed by atoms with E-state index in [1.807, 2.05) is 24.3 Å². The fraction of sp³-hybridized carbons (Fsp3) is 0.267. The van der Waals surface area contributed by atoms with Crippen molar-refractivity contribution in [1.29, 1.82) is 0 Å². The number of carbonyl (C=O) groups is 3. The monoisotopic (exact) mass is 303 g/mol. The van der Waals surface area contributed by atoms with Crippen LogP contribution in [-0.2, 0) is 14.4 Å². The van der Waals surface area contributed by atoms with Crippen molar-refractivity contribution in [2.24, 2.45) is 5.73 Å². The predicted molar refractivity (Wildman–Crippen MR) is 80.0 cm³/mol. The van der Waals surface area contributed by atoms with E-state index in [0.717, 1.165) is 10.9 Å². The van der Waals surface area contributed by atoms with Gasteiger partial charge in [-0.3, -0.25) is 9.59 Å². The molecule has 0 aliphatic carbocycles. The van der Waals surface area contributed by atoms with E-state index >= 15 is 0 Å². The summed E-state index contributed by atoms with van der Waals surface area (Å²) in [6, 6.07) is 6.43. The molecule has 1 heterocycles. The fourth-order valence-electron chi connectivity index (χ4n) is 2.09. The maximum Gasteiger partial charge on any atom is 0.334 e. The van der Waals surface area contributed by atoms with E-state index in [1.54, 1.807) is 6.20 Å². The molecule has 0 aliphatic rings. The van der Waals surface area contributed by atoms with Crippen LogP contribution < -0.4 is 15.8 Å². The van der Waals surface area contributed by atoms with E-state index in [-0.39, 0.29) is 18.7 Å². The van der Waals surface area contributed by atoms with E-state index in [4.69, 9.17) is 10.5 Å². The lowest BCUT2D eigenvalue weighted by molar-refractivity contribution is -0.139. The van der Waals surface area contributed by atoms with E-state index in [1.165, 1.54) is 6.92 Å². The average molecular weight is 303 g/mol. The van der Waals surface area contributed by atoms with E-state index in [2.05, 4.69) is 10.3 Å². The second-order valence-corrected chi connectivity index (χ2v) is 4.88. The number of ether oxygens (including phenoxy) is 1.